The van der Waals surface area contributed by atoms with Crippen LogP contribution in [0.1, 0.15) is 37.7 Å². The second-order valence-corrected chi connectivity index (χ2v) is 9.61. The summed E-state index contributed by atoms with van der Waals surface area (Å²) in [6.45, 7) is 1.70. The van der Waals surface area contributed by atoms with Crippen molar-refractivity contribution in [2.75, 3.05) is 18.1 Å². The summed E-state index contributed by atoms with van der Waals surface area (Å²) in [5.41, 5.74) is 6.87. The fourth-order valence-corrected chi connectivity index (χ4v) is 4.54. The Labute approximate surface area is 230 Å². The molecule has 202 valence electrons. The number of nitrogens with two attached hydrogens (primary N) is 1. The molecule has 0 aliphatic carbocycles. The molecule has 4 N–H and O–H groups in total. The molecule has 14 heteroatoms. The number of halogens is 4. The van der Waals surface area contributed by atoms with E-state index in [-0.39, 0.29) is 33.5 Å². The zero-order chi connectivity index (χ0) is 28.3. The number of hydrogen-bond donors (Lipinski definition) is 3. The monoisotopic (exact) mass is 575 g/mol. The summed E-state index contributed by atoms with van der Waals surface area (Å²) in [5, 5.41) is 10.3. The van der Waals surface area contributed by atoms with E-state index >= 15 is 0 Å². The molecule has 3 aromatic heterocycles. The van der Waals surface area contributed by atoms with Gasteiger partial charge in [0.05, 0.1) is 32.6 Å². The van der Waals surface area contributed by atoms with E-state index in [1.54, 1.807) is 25.1 Å². The minimum absolute atomic E-state index is 0.0608. The standard InChI is InChI=1S/C25H21ClF3N7O2S/c1-13-8-15(30)9-17(23(37)31-2)21(13)34-24(38)19-10-16(35-36(19)22-18(26)4-3-7-32-22)12-39-20-6-5-14(11-33-20)25(27,28)29/h3-11H,12,30H2,1-2H3,(H,31,37)(H,34,38). The van der Waals surface area contributed by atoms with E-state index in [0.29, 0.717) is 22.0 Å². The van der Waals surface area contributed by atoms with Crippen molar-refractivity contribution in [2.24, 2.45) is 0 Å². The van der Waals surface area contributed by atoms with Crippen molar-refractivity contribution in [3.8, 4) is 5.82 Å². The van der Waals surface area contributed by atoms with Crippen molar-refractivity contribution in [3.63, 3.8) is 0 Å². The fraction of sp³-hybridized carbons (Fsp3) is 0.160. The van der Waals surface area contributed by atoms with Gasteiger partial charge >= 0.3 is 6.18 Å². The molecular weight excluding hydrogens is 555 g/mol. The van der Waals surface area contributed by atoms with Gasteiger partial charge in [-0.25, -0.2) is 14.6 Å². The zero-order valence-corrected chi connectivity index (χ0v) is 22.1. The number of alkyl halides is 3. The molecule has 4 rings (SSSR count). The molecule has 0 radical (unpaired) electrons. The van der Waals surface area contributed by atoms with Crippen LogP contribution in [0.5, 0.6) is 0 Å². The number of nitrogens with zero attached hydrogens (tertiary/aromatic N) is 4. The Balaban J connectivity index is 1.67. The van der Waals surface area contributed by atoms with Crippen molar-refractivity contribution in [2.45, 2.75) is 23.9 Å². The van der Waals surface area contributed by atoms with Crippen molar-refractivity contribution in [3.05, 3.63) is 88.0 Å². The molecule has 0 aliphatic rings. The lowest BCUT2D eigenvalue weighted by Gasteiger charge is -2.15. The zero-order valence-electron chi connectivity index (χ0n) is 20.5. The Morgan fingerprint density at radius 3 is 2.54 bits per heavy atom. The van der Waals surface area contributed by atoms with Crippen LogP contribution in [0.3, 0.4) is 0 Å². The van der Waals surface area contributed by atoms with Gasteiger partial charge in [-0.15, -0.1) is 0 Å². The maximum absolute atomic E-state index is 13.5. The third kappa shape index (κ3) is 6.32. The number of anilines is 2. The first-order valence-corrected chi connectivity index (χ1v) is 12.6. The normalized spacial score (nSPS) is 11.3. The van der Waals surface area contributed by atoms with E-state index in [0.717, 1.165) is 24.0 Å². The molecule has 0 atom stereocenters. The van der Waals surface area contributed by atoms with E-state index in [2.05, 4.69) is 25.7 Å². The summed E-state index contributed by atoms with van der Waals surface area (Å²) in [6, 6.07) is 9.99. The molecule has 0 fully saturated rings. The largest absolute Gasteiger partial charge is 0.417 e. The Kier molecular flexibility index (Phi) is 8.11. The van der Waals surface area contributed by atoms with Gasteiger partial charge in [0.2, 0.25) is 0 Å². The lowest BCUT2D eigenvalue weighted by Crippen LogP contribution is -2.24. The predicted octanol–water partition coefficient (Wildman–Crippen LogP) is 5.13. The maximum atomic E-state index is 13.5. The number of aromatic nitrogens is 4. The highest BCUT2D eigenvalue weighted by atomic mass is 35.5. The van der Waals surface area contributed by atoms with Crippen LogP contribution in [0, 0.1) is 6.92 Å². The first-order valence-electron chi connectivity index (χ1n) is 11.3. The van der Waals surface area contributed by atoms with Crippen LogP contribution in [0.2, 0.25) is 5.02 Å². The number of aryl methyl sites for hydroxylation is 1. The third-order valence-electron chi connectivity index (χ3n) is 5.43. The van der Waals surface area contributed by atoms with Crippen LogP contribution in [0.4, 0.5) is 24.5 Å². The molecule has 9 nitrogen and oxygen atoms in total. The highest BCUT2D eigenvalue weighted by molar-refractivity contribution is 7.98. The second-order valence-electron chi connectivity index (χ2n) is 8.21. The van der Waals surface area contributed by atoms with Crippen molar-refractivity contribution < 1.29 is 22.8 Å². The fourth-order valence-electron chi connectivity index (χ4n) is 3.61. The van der Waals surface area contributed by atoms with Crippen LogP contribution in [0.25, 0.3) is 5.82 Å². The maximum Gasteiger partial charge on any atom is 0.417 e. The van der Waals surface area contributed by atoms with Crippen LogP contribution in [0.15, 0.2) is 59.9 Å². The van der Waals surface area contributed by atoms with E-state index in [9.17, 15) is 22.8 Å². The number of pyridine rings is 2. The quantitative estimate of drug-likeness (QED) is 0.206. The number of rotatable bonds is 7. The van der Waals surface area contributed by atoms with Gasteiger partial charge in [0.25, 0.3) is 11.8 Å². The first kappa shape index (κ1) is 27.9. The lowest BCUT2D eigenvalue weighted by atomic mass is 10.1. The lowest BCUT2D eigenvalue weighted by molar-refractivity contribution is -0.137. The van der Waals surface area contributed by atoms with Gasteiger partial charge in [0.15, 0.2) is 5.82 Å². The SMILES string of the molecule is CNC(=O)c1cc(N)cc(C)c1NC(=O)c1cc(CSc2ccc(C(F)(F)F)cn2)nn1-c1ncccc1Cl. The summed E-state index contributed by atoms with van der Waals surface area (Å²) in [4.78, 5) is 34.0. The van der Waals surface area contributed by atoms with E-state index in [1.807, 2.05) is 0 Å². The summed E-state index contributed by atoms with van der Waals surface area (Å²) < 4.78 is 39.8. The summed E-state index contributed by atoms with van der Waals surface area (Å²) >= 11 is 7.47. The van der Waals surface area contributed by atoms with Gasteiger partial charge in [-0.2, -0.15) is 18.3 Å². The number of hydrogen-bond acceptors (Lipinski definition) is 7. The summed E-state index contributed by atoms with van der Waals surface area (Å²) in [6.07, 6.45) is -2.24. The van der Waals surface area contributed by atoms with E-state index in [4.69, 9.17) is 17.3 Å². The number of carbonyl (C=O) groups excluding carboxylic acids is 2. The Morgan fingerprint density at radius 2 is 1.90 bits per heavy atom. The second kappa shape index (κ2) is 11.3. The molecule has 0 bridgehead atoms. The van der Waals surface area contributed by atoms with Crippen molar-refractivity contribution >= 4 is 46.6 Å². The summed E-state index contributed by atoms with van der Waals surface area (Å²) in [5.74, 6) is -0.677. The van der Waals surface area contributed by atoms with Gasteiger partial charge in [-0.05, 0) is 55.0 Å². The topological polar surface area (TPSA) is 128 Å². The number of nitrogen functional groups attached to an aromatic ring is 1. The number of thioether (sulfide) groups is 1. The molecule has 0 aliphatic heterocycles. The number of amides is 2. The van der Waals surface area contributed by atoms with E-state index < -0.39 is 23.6 Å². The van der Waals surface area contributed by atoms with Gasteiger partial charge in [-0.3, -0.25) is 9.59 Å². The molecule has 0 saturated carbocycles. The third-order valence-corrected chi connectivity index (χ3v) is 6.70. The predicted molar refractivity (Wildman–Crippen MR) is 142 cm³/mol. The highest BCUT2D eigenvalue weighted by Gasteiger charge is 2.30. The molecule has 0 saturated heterocycles. The molecule has 0 unspecified atom stereocenters. The minimum atomic E-state index is -4.49. The minimum Gasteiger partial charge on any atom is -0.399 e. The van der Waals surface area contributed by atoms with Crippen LogP contribution >= 0.6 is 23.4 Å². The van der Waals surface area contributed by atoms with Crippen molar-refractivity contribution in [1.29, 1.82) is 0 Å². The number of carbonyl (C=O) groups is 2. The first-order chi connectivity index (χ1) is 18.5. The molecule has 2 amide bonds. The van der Waals surface area contributed by atoms with Gasteiger partial charge in [0.1, 0.15) is 5.69 Å². The number of nitrogens with one attached hydrogen (secondary N) is 2. The van der Waals surface area contributed by atoms with E-state index in [1.165, 1.54) is 36.1 Å². The summed E-state index contributed by atoms with van der Waals surface area (Å²) in [7, 11) is 1.46. The molecule has 3 heterocycles. The molecule has 39 heavy (non-hydrogen) atoms. The molecular formula is C25H21ClF3N7O2S. The Morgan fingerprint density at radius 1 is 1.13 bits per heavy atom. The number of benzene rings is 1. The average Bonchev–Trinajstić information content (AvgIpc) is 3.32. The van der Waals surface area contributed by atoms with Crippen LogP contribution < -0.4 is 16.4 Å². The van der Waals surface area contributed by atoms with Crippen molar-refractivity contribution in [1.82, 2.24) is 25.1 Å². The van der Waals surface area contributed by atoms with Crippen LogP contribution in [-0.4, -0.2) is 38.6 Å². The Bertz CT molecular complexity index is 1540. The molecule has 0 spiro atoms. The van der Waals surface area contributed by atoms with Gasteiger partial charge in [0, 0.05) is 30.9 Å². The van der Waals surface area contributed by atoms with Gasteiger partial charge < -0.3 is 16.4 Å². The van der Waals surface area contributed by atoms with Crippen LogP contribution in [-0.2, 0) is 11.9 Å². The Hall–Kier alpha value is -4.10. The molecule has 1 aromatic carbocycles. The van der Waals surface area contributed by atoms with Gasteiger partial charge in [-0.1, -0.05) is 23.4 Å². The highest BCUT2D eigenvalue weighted by Crippen LogP contribution is 2.31. The average molecular weight is 576 g/mol. The smallest absolute Gasteiger partial charge is 0.399 e. The molecule has 4 aromatic rings.